The Morgan fingerprint density at radius 3 is 2.68 bits per heavy atom. The van der Waals surface area contributed by atoms with E-state index >= 15 is 0 Å². The summed E-state index contributed by atoms with van der Waals surface area (Å²) in [7, 11) is 0. The monoisotopic (exact) mass is 293 g/mol. The van der Waals surface area contributed by atoms with Gasteiger partial charge in [-0.15, -0.1) is 11.3 Å². The number of benzene rings is 1. The van der Waals surface area contributed by atoms with E-state index in [2.05, 4.69) is 50.4 Å². The minimum atomic E-state index is 0.385. The van der Waals surface area contributed by atoms with Gasteiger partial charge in [0.2, 0.25) is 0 Å². The summed E-state index contributed by atoms with van der Waals surface area (Å²) < 4.78 is 0.873. The lowest BCUT2D eigenvalue weighted by atomic mass is 10.00. The molecule has 0 spiro atoms. The van der Waals surface area contributed by atoms with Crippen LogP contribution in [0.1, 0.15) is 34.5 Å². The van der Waals surface area contributed by atoms with Crippen molar-refractivity contribution in [3.63, 3.8) is 0 Å². The number of nitrogens with one attached hydrogen (secondary N) is 1. The van der Waals surface area contributed by atoms with Crippen molar-refractivity contribution in [2.24, 2.45) is 0 Å². The van der Waals surface area contributed by atoms with Gasteiger partial charge in [0.25, 0.3) is 0 Å². The van der Waals surface area contributed by atoms with Crippen LogP contribution < -0.4 is 5.32 Å². The van der Waals surface area contributed by atoms with Gasteiger partial charge >= 0.3 is 0 Å². The van der Waals surface area contributed by atoms with Crippen LogP contribution in [0.2, 0.25) is 4.34 Å². The highest BCUT2D eigenvalue weighted by Crippen LogP contribution is 2.22. The lowest BCUT2D eigenvalue weighted by Gasteiger charge is -2.17. The molecule has 1 aromatic heterocycles. The highest BCUT2D eigenvalue weighted by molar-refractivity contribution is 7.16. The van der Waals surface area contributed by atoms with Gasteiger partial charge in [0.05, 0.1) is 4.34 Å². The van der Waals surface area contributed by atoms with Crippen molar-refractivity contribution >= 4 is 22.9 Å². The van der Waals surface area contributed by atoms with E-state index in [4.69, 9.17) is 11.6 Å². The van der Waals surface area contributed by atoms with E-state index in [0.29, 0.717) is 6.04 Å². The Bertz CT molecular complexity index is 547. The average Bonchev–Trinajstić information content (AvgIpc) is 2.78. The number of thiophene rings is 1. The summed E-state index contributed by atoms with van der Waals surface area (Å²) in [5.41, 5.74) is 4.06. The van der Waals surface area contributed by atoms with Gasteiger partial charge in [0.15, 0.2) is 0 Å². The molecule has 0 aliphatic heterocycles. The molecule has 2 rings (SSSR count). The molecule has 1 atom stereocenters. The fraction of sp³-hybridized carbons (Fsp3) is 0.375. The second-order valence-corrected chi connectivity index (χ2v) is 6.79. The van der Waals surface area contributed by atoms with Crippen LogP contribution in [0.25, 0.3) is 0 Å². The third-order valence-corrected chi connectivity index (χ3v) is 4.64. The summed E-state index contributed by atoms with van der Waals surface area (Å²) in [6.07, 6.45) is 1.03. The predicted molar refractivity (Wildman–Crippen MR) is 85.4 cm³/mol. The van der Waals surface area contributed by atoms with Gasteiger partial charge in [-0.25, -0.2) is 0 Å². The first-order valence-corrected chi connectivity index (χ1v) is 7.80. The Labute approximate surface area is 124 Å². The topological polar surface area (TPSA) is 12.0 Å². The SMILES string of the molecule is Cc1ccc(C)c(C(C)NCCc2ccc(Cl)s2)c1. The first-order chi connectivity index (χ1) is 9.06. The fourth-order valence-electron chi connectivity index (χ4n) is 2.23. The van der Waals surface area contributed by atoms with Crippen LogP contribution in [-0.2, 0) is 6.42 Å². The molecule has 19 heavy (non-hydrogen) atoms. The van der Waals surface area contributed by atoms with Gasteiger partial charge in [0, 0.05) is 17.5 Å². The summed E-state index contributed by atoms with van der Waals surface area (Å²) in [6, 6.07) is 11.1. The number of rotatable bonds is 5. The third-order valence-electron chi connectivity index (χ3n) is 3.35. The Morgan fingerprint density at radius 2 is 2.00 bits per heavy atom. The lowest BCUT2D eigenvalue weighted by Crippen LogP contribution is -2.21. The maximum absolute atomic E-state index is 5.93. The molecular weight excluding hydrogens is 274 g/mol. The van der Waals surface area contributed by atoms with Crippen LogP contribution in [0.15, 0.2) is 30.3 Å². The number of hydrogen-bond acceptors (Lipinski definition) is 2. The van der Waals surface area contributed by atoms with Crippen molar-refractivity contribution in [2.75, 3.05) is 6.54 Å². The number of aryl methyl sites for hydroxylation is 2. The molecule has 1 nitrogen and oxygen atoms in total. The van der Waals surface area contributed by atoms with Crippen molar-refractivity contribution in [1.29, 1.82) is 0 Å². The van der Waals surface area contributed by atoms with Crippen LogP contribution in [-0.4, -0.2) is 6.54 Å². The molecule has 0 fully saturated rings. The van der Waals surface area contributed by atoms with E-state index in [1.807, 2.05) is 6.07 Å². The smallest absolute Gasteiger partial charge is 0.0931 e. The summed E-state index contributed by atoms with van der Waals surface area (Å²) in [5, 5.41) is 3.59. The first kappa shape index (κ1) is 14.6. The van der Waals surface area contributed by atoms with E-state index in [-0.39, 0.29) is 0 Å². The minimum absolute atomic E-state index is 0.385. The van der Waals surface area contributed by atoms with Crippen molar-refractivity contribution < 1.29 is 0 Å². The molecule has 0 saturated carbocycles. The predicted octanol–water partition coefficient (Wildman–Crippen LogP) is 4.91. The molecule has 1 heterocycles. The van der Waals surface area contributed by atoms with Crippen LogP contribution in [0.5, 0.6) is 0 Å². The normalized spacial score (nSPS) is 12.6. The van der Waals surface area contributed by atoms with Crippen LogP contribution >= 0.6 is 22.9 Å². The van der Waals surface area contributed by atoms with Gasteiger partial charge in [-0.3, -0.25) is 0 Å². The molecule has 0 radical (unpaired) electrons. The van der Waals surface area contributed by atoms with Gasteiger partial charge in [-0.2, -0.15) is 0 Å². The standard InChI is InChI=1S/C16H20ClNS/c1-11-4-5-12(2)15(10-11)13(3)18-9-8-14-6-7-16(17)19-14/h4-7,10,13,18H,8-9H2,1-3H3. The van der Waals surface area contributed by atoms with E-state index < -0.39 is 0 Å². The van der Waals surface area contributed by atoms with Crippen LogP contribution in [0, 0.1) is 13.8 Å². The van der Waals surface area contributed by atoms with Crippen molar-refractivity contribution in [3.05, 3.63) is 56.2 Å². The highest BCUT2D eigenvalue weighted by Gasteiger charge is 2.08. The summed E-state index contributed by atoms with van der Waals surface area (Å²) in [5.74, 6) is 0. The Morgan fingerprint density at radius 1 is 1.21 bits per heavy atom. The lowest BCUT2D eigenvalue weighted by molar-refractivity contribution is 0.576. The van der Waals surface area contributed by atoms with E-state index in [9.17, 15) is 0 Å². The van der Waals surface area contributed by atoms with Crippen LogP contribution in [0.4, 0.5) is 0 Å². The Hall–Kier alpha value is -0.830. The molecule has 0 saturated heterocycles. The zero-order valence-corrected chi connectivity index (χ0v) is 13.2. The molecule has 0 amide bonds. The molecule has 0 aliphatic rings. The second-order valence-electron chi connectivity index (χ2n) is 4.99. The molecule has 1 unspecified atom stereocenters. The molecule has 1 aromatic carbocycles. The van der Waals surface area contributed by atoms with Gasteiger partial charge < -0.3 is 5.32 Å². The highest BCUT2D eigenvalue weighted by atomic mass is 35.5. The number of halogens is 1. The van der Waals surface area contributed by atoms with Crippen LogP contribution in [0.3, 0.4) is 0 Å². The molecule has 2 aromatic rings. The molecule has 1 N–H and O–H groups in total. The van der Waals surface area contributed by atoms with Crippen molar-refractivity contribution in [2.45, 2.75) is 33.2 Å². The van der Waals surface area contributed by atoms with E-state index in [1.165, 1.54) is 21.6 Å². The zero-order valence-electron chi connectivity index (χ0n) is 11.7. The summed E-state index contributed by atoms with van der Waals surface area (Å²) >= 11 is 7.60. The van der Waals surface area contributed by atoms with Crippen molar-refractivity contribution in [3.8, 4) is 0 Å². The maximum atomic E-state index is 5.93. The fourth-order valence-corrected chi connectivity index (χ4v) is 3.32. The second kappa shape index (κ2) is 6.56. The van der Waals surface area contributed by atoms with E-state index in [0.717, 1.165) is 17.3 Å². The Balaban J connectivity index is 1.90. The maximum Gasteiger partial charge on any atom is 0.0931 e. The number of hydrogen-bond donors (Lipinski definition) is 1. The summed E-state index contributed by atoms with van der Waals surface area (Å²) in [4.78, 5) is 1.34. The molecule has 102 valence electrons. The minimum Gasteiger partial charge on any atom is -0.310 e. The Kier molecular flexibility index (Phi) is 5.03. The van der Waals surface area contributed by atoms with Gasteiger partial charge in [-0.1, -0.05) is 35.4 Å². The molecular formula is C16H20ClNS. The third kappa shape index (κ3) is 4.07. The zero-order chi connectivity index (χ0) is 13.8. The largest absolute Gasteiger partial charge is 0.310 e. The summed E-state index contributed by atoms with van der Waals surface area (Å²) in [6.45, 7) is 7.52. The van der Waals surface area contributed by atoms with E-state index in [1.54, 1.807) is 11.3 Å². The molecule has 0 bridgehead atoms. The first-order valence-electron chi connectivity index (χ1n) is 6.61. The molecule has 3 heteroatoms. The quantitative estimate of drug-likeness (QED) is 0.826. The van der Waals surface area contributed by atoms with Gasteiger partial charge in [0.1, 0.15) is 0 Å². The average molecular weight is 294 g/mol. The van der Waals surface area contributed by atoms with Gasteiger partial charge in [-0.05, 0) is 50.5 Å². The van der Waals surface area contributed by atoms with Crippen molar-refractivity contribution in [1.82, 2.24) is 5.32 Å². The molecule has 0 aliphatic carbocycles.